The number of carbonyl (C=O) groups is 2. The number of hydrogen-bond acceptors (Lipinski definition) is 8. The molecule has 8 nitrogen and oxygen atoms in total. The lowest BCUT2D eigenvalue weighted by atomic mass is 9.95. The third kappa shape index (κ3) is 9.82. The van der Waals surface area contributed by atoms with Gasteiger partial charge in [-0.1, -0.05) is 31.9 Å². The maximum absolute atomic E-state index is 13.0. The molecule has 0 fully saturated rings. The Hall–Kier alpha value is -4.43. The molecule has 2 aromatic carbocycles. The summed E-state index contributed by atoms with van der Waals surface area (Å²) in [4.78, 5) is 36.3. The van der Waals surface area contributed by atoms with Gasteiger partial charge in [-0.3, -0.25) is 0 Å². The topological polar surface area (TPSA) is 112 Å². The molecule has 3 aromatic rings. The van der Waals surface area contributed by atoms with E-state index in [1.54, 1.807) is 45.0 Å². The van der Waals surface area contributed by atoms with Crippen molar-refractivity contribution in [1.82, 2.24) is 0 Å². The molecule has 0 saturated carbocycles. The highest BCUT2D eigenvalue weighted by molar-refractivity contribution is 5.87. The van der Waals surface area contributed by atoms with Crippen molar-refractivity contribution in [3.8, 4) is 16.9 Å². The molecule has 0 saturated heterocycles. The van der Waals surface area contributed by atoms with E-state index in [9.17, 15) is 19.5 Å². The Kier molecular flexibility index (Phi) is 12.1. The second-order valence-electron chi connectivity index (χ2n) is 10.7. The van der Waals surface area contributed by atoms with Gasteiger partial charge >= 0.3 is 17.6 Å². The monoisotopic (exact) mass is 588 g/mol. The minimum absolute atomic E-state index is 0.303. The summed E-state index contributed by atoms with van der Waals surface area (Å²) in [6.45, 7) is 16.4. The molecule has 8 heteroatoms. The van der Waals surface area contributed by atoms with E-state index in [0.717, 1.165) is 35.8 Å². The summed E-state index contributed by atoms with van der Waals surface area (Å²) in [6, 6.07) is 12.6. The van der Waals surface area contributed by atoms with Gasteiger partial charge in [-0.2, -0.15) is 0 Å². The number of esters is 2. The molecule has 1 aromatic heterocycles. The van der Waals surface area contributed by atoms with Crippen molar-refractivity contribution in [3.05, 3.63) is 100 Å². The SMILES string of the molecule is C=C(C)C(=O)OCCCCc1cc2cc(-c3ccc(OC(O)C(=C)C)cc3)c(=O)oc2cc1CCCCOC(=O)C(=C)C. The van der Waals surface area contributed by atoms with Crippen LogP contribution in [0.1, 0.15) is 57.6 Å². The van der Waals surface area contributed by atoms with Crippen LogP contribution in [-0.2, 0) is 31.9 Å². The molecule has 0 radical (unpaired) electrons. The first-order chi connectivity index (χ1) is 20.5. The highest BCUT2D eigenvalue weighted by Crippen LogP contribution is 2.27. The third-order valence-corrected chi connectivity index (χ3v) is 6.73. The van der Waals surface area contributed by atoms with Crippen LogP contribution in [0.4, 0.5) is 0 Å². The van der Waals surface area contributed by atoms with Crippen molar-refractivity contribution in [2.45, 2.75) is 65.6 Å². The lowest BCUT2D eigenvalue weighted by Gasteiger charge is -2.14. The third-order valence-electron chi connectivity index (χ3n) is 6.73. The van der Waals surface area contributed by atoms with Crippen LogP contribution in [0.3, 0.4) is 0 Å². The molecule has 3 rings (SSSR count). The lowest BCUT2D eigenvalue weighted by molar-refractivity contribution is -0.139. The van der Waals surface area contributed by atoms with Crippen LogP contribution in [-0.4, -0.2) is 36.5 Å². The maximum Gasteiger partial charge on any atom is 0.344 e. The van der Waals surface area contributed by atoms with Gasteiger partial charge in [-0.05, 0) is 112 Å². The van der Waals surface area contributed by atoms with Gasteiger partial charge in [0.15, 0.2) is 0 Å². The lowest BCUT2D eigenvalue weighted by Crippen LogP contribution is -2.15. The molecule has 0 bridgehead atoms. The molecule has 1 atom stereocenters. The standard InChI is InChI=1S/C35H40O8/c1-22(2)32(36)40-17-9-7-11-26-19-28-20-30(25-13-15-29(16-14-25)42-34(38)24(5)6)35(39)43-31(28)21-27(26)12-8-10-18-41-33(37)23(3)4/h13-16,19-21,34,38H,1,3,5,7-12,17-18H2,2,4,6H3. The van der Waals surface area contributed by atoms with E-state index in [2.05, 4.69) is 19.7 Å². The summed E-state index contributed by atoms with van der Waals surface area (Å²) in [5.41, 5.74) is 4.45. The summed E-state index contributed by atoms with van der Waals surface area (Å²) < 4.78 is 21.6. The van der Waals surface area contributed by atoms with Gasteiger partial charge in [-0.15, -0.1) is 0 Å². The van der Waals surface area contributed by atoms with Crippen molar-refractivity contribution < 1.29 is 33.3 Å². The maximum atomic E-state index is 13.0. The van der Waals surface area contributed by atoms with Crippen LogP contribution in [0, 0.1) is 0 Å². The summed E-state index contributed by atoms with van der Waals surface area (Å²) >= 11 is 0. The van der Waals surface area contributed by atoms with Crippen molar-refractivity contribution in [2.24, 2.45) is 0 Å². The van der Waals surface area contributed by atoms with Gasteiger partial charge in [0.05, 0.1) is 18.8 Å². The van der Waals surface area contributed by atoms with E-state index in [0.29, 0.717) is 71.7 Å². The number of carbonyl (C=O) groups excluding carboxylic acids is 2. The quantitative estimate of drug-likeness (QED) is 0.0496. The molecule has 0 aliphatic rings. The zero-order valence-electron chi connectivity index (χ0n) is 25.2. The second kappa shape index (κ2) is 15.7. The summed E-state index contributed by atoms with van der Waals surface area (Å²) in [5.74, 6) is -0.351. The molecule has 1 N–H and O–H groups in total. The Balaban J connectivity index is 1.81. The van der Waals surface area contributed by atoms with Crippen LogP contribution in [0.5, 0.6) is 5.75 Å². The summed E-state index contributed by atoms with van der Waals surface area (Å²) in [5, 5.41) is 10.7. The number of unbranched alkanes of at least 4 members (excludes halogenated alkanes) is 2. The van der Waals surface area contributed by atoms with Gasteiger partial charge in [0.25, 0.3) is 0 Å². The zero-order valence-corrected chi connectivity index (χ0v) is 25.2. The fourth-order valence-corrected chi connectivity index (χ4v) is 4.28. The van der Waals surface area contributed by atoms with E-state index in [-0.39, 0.29) is 0 Å². The Morgan fingerprint density at radius 3 is 1.86 bits per heavy atom. The van der Waals surface area contributed by atoms with E-state index in [1.165, 1.54) is 0 Å². The van der Waals surface area contributed by atoms with E-state index >= 15 is 0 Å². The largest absolute Gasteiger partial charge is 0.462 e. The number of benzene rings is 2. The van der Waals surface area contributed by atoms with E-state index in [4.69, 9.17) is 18.6 Å². The second-order valence-corrected chi connectivity index (χ2v) is 10.7. The highest BCUT2D eigenvalue weighted by atomic mass is 16.6. The number of ether oxygens (including phenoxy) is 3. The summed E-state index contributed by atoms with van der Waals surface area (Å²) in [7, 11) is 0. The molecule has 43 heavy (non-hydrogen) atoms. The van der Waals surface area contributed by atoms with Gasteiger partial charge in [0.2, 0.25) is 6.29 Å². The smallest absolute Gasteiger partial charge is 0.344 e. The molecule has 0 spiro atoms. The predicted molar refractivity (Wildman–Crippen MR) is 167 cm³/mol. The Morgan fingerprint density at radius 2 is 1.35 bits per heavy atom. The Bertz CT molecular complexity index is 1540. The van der Waals surface area contributed by atoms with Gasteiger partial charge in [-0.25, -0.2) is 14.4 Å². The first-order valence-corrected chi connectivity index (χ1v) is 14.3. The molecule has 1 unspecified atom stereocenters. The molecule has 228 valence electrons. The fourth-order valence-electron chi connectivity index (χ4n) is 4.28. The van der Waals surface area contributed by atoms with Crippen LogP contribution in [0.2, 0.25) is 0 Å². The zero-order chi connectivity index (χ0) is 31.5. The first kappa shape index (κ1) is 33.1. The fraction of sp³-hybridized carbons (Fsp3) is 0.343. The highest BCUT2D eigenvalue weighted by Gasteiger charge is 2.14. The van der Waals surface area contributed by atoms with Crippen LogP contribution in [0.15, 0.2) is 88.1 Å². The number of aliphatic hydroxyl groups excluding tert-OH is 1. The first-order valence-electron chi connectivity index (χ1n) is 14.3. The molecule has 1 heterocycles. The molecule has 0 amide bonds. The van der Waals surface area contributed by atoms with Crippen molar-refractivity contribution in [1.29, 1.82) is 0 Å². The Morgan fingerprint density at radius 1 is 0.814 bits per heavy atom. The molecule has 0 aliphatic carbocycles. The molecular formula is C35H40O8. The predicted octanol–water partition coefficient (Wildman–Crippen LogP) is 6.62. The number of hydrogen-bond donors (Lipinski definition) is 1. The van der Waals surface area contributed by atoms with Gasteiger partial charge in [0, 0.05) is 16.5 Å². The number of fused-ring (bicyclic) bond motifs is 1. The van der Waals surface area contributed by atoms with Crippen molar-refractivity contribution >= 4 is 22.9 Å². The van der Waals surface area contributed by atoms with Crippen LogP contribution in [0.25, 0.3) is 22.1 Å². The van der Waals surface area contributed by atoms with E-state index < -0.39 is 23.9 Å². The van der Waals surface area contributed by atoms with Gasteiger partial charge < -0.3 is 23.7 Å². The van der Waals surface area contributed by atoms with Crippen molar-refractivity contribution in [3.63, 3.8) is 0 Å². The number of aryl methyl sites for hydroxylation is 2. The minimum Gasteiger partial charge on any atom is -0.462 e. The average molecular weight is 589 g/mol. The average Bonchev–Trinajstić information content (AvgIpc) is 2.96. The van der Waals surface area contributed by atoms with Crippen LogP contribution < -0.4 is 10.4 Å². The summed E-state index contributed by atoms with van der Waals surface area (Å²) in [6.07, 6.45) is 3.27. The molecule has 0 aliphatic heterocycles. The minimum atomic E-state index is -1.12. The molecular weight excluding hydrogens is 548 g/mol. The van der Waals surface area contributed by atoms with Gasteiger partial charge in [0.1, 0.15) is 11.3 Å². The normalized spacial score (nSPS) is 11.5. The number of aliphatic hydroxyl groups is 1. The van der Waals surface area contributed by atoms with Crippen LogP contribution >= 0.6 is 0 Å². The van der Waals surface area contributed by atoms with E-state index in [1.807, 2.05) is 18.2 Å². The van der Waals surface area contributed by atoms with Crippen molar-refractivity contribution in [2.75, 3.05) is 13.2 Å². The Labute approximate surface area is 252 Å². The number of rotatable bonds is 16.